The highest BCUT2D eigenvalue weighted by Gasteiger charge is 2.52. The van der Waals surface area contributed by atoms with Crippen molar-refractivity contribution in [3.63, 3.8) is 0 Å². The molecule has 0 atom stereocenters. The Labute approximate surface area is 158 Å². The summed E-state index contributed by atoms with van der Waals surface area (Å²) in [5.41, 5.74) is 2.04. The lowest BCUT2D eigenvalue weighted by Crippen LogP contribution is -2.41. The first kappa shape index (κ1) is 19.0. The maximum absolute atomic E-state index is 11.7. The maximum Gasteiger partial charge on any atom is 0.491 e. The molecule has 8 heteroatoms. The first-order chi connectivity index (χ1) is 12.2. The average Bonchev–Trinajstić information content (AvgIpc) is 3.08. The third kappa shape index (κ3) is 3.29. The van der Waals surface area contributed by atoms with Gasteiger partial charge in [0.15, 0.2) is 0 Å². The van der Waals surface area contributed by atoms with E-state index in [-0.39, 0.29) is 5.97 Å². The summed E-state index contributed by atoms with van der Waals surface area (Å²) < 4.78 is 17.0. The van der Waals surface area contributed by atoms with E-state index in [1.807, 2.05) is 39.8 Å². The van der Waals surface area contributed by atoms with Crippen LogP contribution in [0.25, 0.3) is 17.0 Å². The van der Waals surface area contributed by atoms with Crippen LogP contribution in [0.3, 0.4) is 0 Å². The topological polar surface area (TPSA) is 73.4 Å². The first-order valence-corrected chi connectivity index (χ1v) is 9.05. The number of aromatic nitrogens is 2. The molecule has 0 amide bonds. The Balaban J connectivity index is 1.94. The Morgan fingerprint density at radius 2 is 1.96 bits per heavy atom. The number of methoxy groups -OCH3 is 1. The molecular formula is C18H23BN2O4S. The molecule has 1 N–H and O–H groups in total. The lowest BCUT2D eigenvalue weighted by molar-refractivity contribution is 0.00578. The van der Waals surface area contributed by atoms with Gasteiger partial charge in [-0.3, -0.25) is 5.10 Å². The number of thiol groups is 1. The van der Waals surface area contributed by atoms with Crippen LogP contribution < -0.4 is 0 Å². The summed E-state index contributed by atoms with van der Waals surface area (Å²) in [5, 5.41) is 8.18. The number of nitrogens with one attached hydrogen (secondary N) is 1. The van der Waals surface area contributed by atoms with Crippen molar-refractivity contribution in [2.45, 2.75) is 38.9 Å². The highest BCUT2D eigenvalue weighted by molar-refractivity contribution is 7.80. The van der Waals surface area contributed by atoms with E-state index in [1.54, 1.807) is 12.1 Å². The lowest BCUT2D eigenvalue weighted by Gasteiger charge is -2.32. The molecule has 1 aromatic carbocycles. The minimum Gasteiger partial charge on any atom is -0.465 e. The van der Waals surface area contributed by atoms with Crippen molar-refractivity contribution < 1.29 is 18.8 Å². The van der Waals surface area contributed by atoms with Crippen molar-refractivity contribution in [1.82, 2.24) is 10.2 Å². The SMILES string of the molecule is COC(=O)c1ccc2c(C=C(CS)B3OC(C)(C)C(C)(C)O3)[nH]nc2c1. The zero-order valence-electron chi connectivity index (χ0n) is 15.6. The molecule has 6 nitrogen and oxygen atoms in total. The van der Waals surface area contributed by atoms with E-state index >= 15 is 0 Å². The van der Waals surface area contributed by atoms with Gasteiger partial charge in [-0.1, -0.05) is 0 Å². The highest BCUT2D eigenvalue weighted by Crippen LogP contribution is 2.39. The predicted octanol–water partition coefficient (Wildman–Crippen LogP) is 3.29. The molecule has 1 aliphatic heterocycles. The molecule has 0 aliphatic carbocycles. The fraction of sp³-hybridized carbons (Fsp3) is 0.444. The number of aromatic amines is 1. The highest BCUT2D eigenvalue weighted by atomic mass is 32.1. The van der Waals surface area contributed by atoms with E-state index in [9.17, 15) is 4.79 Å². The van der Waals surface area contributed by atoms with Crippen LogP contribution in [-0.2, 0) is 14.0 Å². The van der Waals surface area contributed by atoms with Crippen molar-refractivity contribution in [3.8, 4) is 0 Å². The second-order valence-corrected chi connectivity index (χ2v) is 7.64. The molecule has 1 fully saturated rings. The normalized spacial score (nSPS) is 19.2. The molecule has 0 bridgehead atoms. The van der Waals surface area contributed by atoms with Gasteiger partial charge in [-0.15, -0.1) is 0 Å². The molecule has 2 heterocycles. The van der Waals surface area contributed by atoms with Gasteiger partial charge in [0.1, 0.15) is 0 Å². The molecule has 0 spiro atoms. The van der Waals surface area contributed by atoms with Gasteiger partial charge in [-0.2, -0.15) is 17.7 Å². The van der Waals surface area contributed by atoms with Gasteiger partial charge >= 0.3 is 13.1 Å². The predicted molar refractivity (Wildman–Crippen MR) is 105 cm³/mol. The van der Waals surface area contributed by atoms with E-state index in [0.29, 0.717) is 16.8 Å². The minimum absolute atomic E-state index is 0.389. The van der Waals surface area contributed by atoms with E-state index < -0.39 is 18.3 Å². The summed E-state index contributed by atoms with van der Waals surface area (Å²) in [6.07, 6.45) is 1.95. The Bertz CT molecular complexity index is 859. The summed E-state index contributed by atoms with van der Waals surface area (Å²) in [4.78, 5) is 11.7. The summed E-state index contributed by atoms with van der Waals surface area (Å²) in [6, 6.07) is 5.26. The number of hydrogen-bond acceptors (Lipinski definition) is 6. The molecule has 138 valence electrons. The fourth-order valence-electron chi connectivity index (χ4n) is 2.76. The number of carbonyl (C=O) groups excluding carboxylic acids is 1. The quantitative estimate of drug-likeness (QED) is 0.488. The number of rotatable bonds is 4. The van der Waals surface area contributed by atoms with Crippen molar-refractivity contribution in [3.05, 3.63) is 34.9 Å². The molecule has 1 saturated heterocycles. The Kier molecular flexibility index (Phi) is 4.94. The molecule has 0 radical (unpaired) electrons. The van der Waals surface area contributed by atoms with Crippen LogP contribution in [0, 0.1) is 0 Å². The van der Waals surface area contributed by atoms with Gasteiger partial charge in [0, 0.05) is 11.1 Å². The Morgan fingerprint density at radius 3 is 2.54 bits per heavy atom. The number of hydrogen-bond donors (Lipinski definition) is 2. The number of benzene rings is 1. The van der Waals surface area contributed by atoms with Gasteiger partial charge in [0.25, 0.3) is 0 Å². The standard InChI is InChI=1S/C18H23BN2O4S/c1-17(2)18(3,4)25-19(24-17)12(10-26)9-15-13-7-6-11(16(22)23-5)8-14(13)20-21-15/h6-9,26H,10H2,1-5H3,(H,20,21). The summed E-state index contributed by atoms with van der Waals surface area (Å²) in [6.45, 7) is 8.07. The van der Waals surface area contributed by atoms with Crippen LogP contribution in [0.5, 0.6) is 0 Å². The van der Waals surface area contributed by atoms with E-state index in [4.69, 9.17) is 14.0 Å². The van der Waals surface area contributed by atoms with Crippen LogP contribution >= 0.6 is 12.6 Å². The van der Waals surface area contributed by atoms with Crippen molar-refractivity contribution in [2.75, 3.05) is 12.9 Å². The molecule has 1 aliphatic rings. The number of fused-ring (bicyclic) bond motifs is 1. The Morgan fingerprint density at radius 1 is 1.31 bits per heavy atom. The van der Waals surface area contributed by atoms with Gasteiger partial charge in [-0.25, -0.2) is 4.79 Å². The molecule has 26 heavy (non-hydrogen) atoms. The van der Waals surface area contributed by atoms with Gasteiger partial charge < -0.3 is 14.0 Å². The number of nitrogens with zero attached hydrogens (tertiary/aromatic N) is 1. The second-order valence-electron chi connectivity index (χ2n) is 7.33. The van der Waals surface area contributed by atoms with Crippen molar-refractivity contribution in [1.29, 1.82) is 0 Å². The number of esters is 1. The number of H-pyrrole nitrogens is 1. The van der Waals surface area contributed by atoms with Gasteiger partial charge in [-0.05, 0) is 57.4 Å². The molecule has 2 aromatic rings. The third-order valence-corrected chi connectivity index (χ3v) is 5.44. The third-order valence-electron chi connectivity index (χ3n) is 5.07. The van der Waals surface area contributed by atoms with Gasteiger partial charge in [0.2, 0.25) is 0 Å². The summed E-state index contributed by atoms with van der Waals surface area (Å²) >= 11 is 4.44. The van der Waals surface area contributed by atoms with Crippen LogP contribution in [0.15, 0.2) is 23.7 Å². The minimum atomic E-state index is -0.467. The van der Waals surface area contributed by atoms with E-state index in [2.05, 4.69) is 22.8 Å². The van der Waals surface area contributed by atoms with E-state index in [0.717, 1.165) is 16.6 Å². The second kappa shape index (κ2) is 6.76. The molecular weight excluding hydrogens is 351 g/mol. The Hall–Kier alpha value is -1.77. The van der Waals surface area contributed by atoms with E-state index in [1.165, 1.54) is 7.11 Å². The van der Waals surface area contributed by atoms with Crippen LogP contribution in [0.2, 0.25) is 0 Å². The van der Waals surface area contributed by atoms with Crippen LogP contribution in [-0.4, -0.2) is 47.3 Å². The molecule has 3 rings (SSSR count). The average molecular weight is 374 g/mol. The number of ether oxygens (including phenoxy) is 1. The van der Waals surface area contributed by atoms with Crippen LogP contribution in [0.4, 0.5) is 0 Å². The van der Waals surface area contributed by atoms with Crippen molar-refractivity contribution >= 4 is 42.7 Å². The molecule has 0 saturated carbocycles. The largest absolute Gasteiger partial charge is 0.491 e. The molecule has 1 aromatic heterocycles. The smallest absolute Gasteiger partial charge is 0.465 e. The van der Waals surface area contributed by atoms with Crippen molar-refractivity contribution in [2.24, 2.45) is 0 Å². The zero-order valence-corrected chi connectivity index (χ0v) is 16.5. The summed E-state index contributed by atoms with van der Waals surface area (Å²) in [5.74, 6) is 0.0951. The van der Waals surface area contributed by atoms with Crippen LogP contribution in [0.1, 0.15) is 43.7 Å². The first-order valence-electron chi connectivity index (χ1n) is 8.42. The lowest BCUT2D eigenvalue weighted by atomic mass is 9.78. The fourth-order valence-corrected chi connectivity index (χ4v) is 3.00. The molecule has 0 unspecified atom stereocenters. The maximum atomic E-state index is 11.7. The summed E-state index contributed by atoms with van der Waals surface area (Å²) in [7, 11) is 0.889. The zero-order chi connectivity index (χ0) is 19.1. The van der Waals surface area contributed by atoms with Gasteiger partial charge in [0.05, 0.1) is 35.1 Å². The monoisotopic (exact) mass is 374 g/mol. The number of carbonyl (C=O) groups is 1.